The summed E-state index contributed by atoms with van der Waals surface area (Å²) >= 11 is 0. The van der Waals surface area contributed by atoms with Gasteiger partial charge in [-0.15, -0.1) is 0 Å². The van der Waals surface area contributed by atoms with Gasteiger partial charge in [0.05, 0.1) is 0 Å². The third-order valence-corrected chi connectivity index (χ3v) is 6.34. The Kier molecular flexibility index (Phi) is 6.02. The topological polar surface area (TPSA) is 68.4 Å². The van der Waals surface area contributed by atoms with Crippen molar-refractivity contribution < 1.29 is 10.0 Å². The van der Waals surface area contributed by atoms with Gasteiger partial charge >= 0.3 is 0 Å². The minimum atomic E-state index is -0.528. The second-order valence-electron chi connectivity index (χ2n) is 8.16. The van der Waals surface area contributed by atoms with Gasteiger partial charge < -0.3 is 4.98 Å². The molecular weight excluding hydrogens is 374 g/mol. The maximum Gasteiger partial charge on any atom is 0.267 e. The molecule has 0 aliphatic carbocycles. The van der Waals surface area contributed by atoms with E-state index in [1.165, 1.54) is 46.6 Å². The molecule has 30 heavy (non-hydrogen) atoms. The maximum absolute atomic E-state index is 11.1. The number of amides is 1. The SMILES string of the molecule is Cc1[nH]c2ccccc2c1C[C@H]1CCCN1[C@@H](C)c1ccc(C=CC(=O)NO)cc1. The third kappa shape index (κ3) is 4.18. The van der Waals surface area contributed by atoms with Gasteiger partial charge in [-0.3, -0.25) is 14.9 Å². The highest BCUT2D eigenvalue weighted by atomic mass is 16.5. The first-order valence-electron chi connectivity index (χ1n) is 10.6. The van der Waals surface area contributed by atoms with E-state index in [1.807, 2.05) is 12.1 Å². The molecule has 5 nitrogen and oxygen atoms in total. The minimum Gasteiger partial charge on any atom is -0.358 e. The number of H-pyrrole nitrogens is 1. The van der Waals surface area contributed by atoms with Gasteiger partial charge in [-0.05, 0) is 68.5 Å². The Labute approximate surface area is 177 Å². The van der Waals surface area contributed by atoms with Crippen LogP contribution < -0.4 is 5.48 Å². The van der Waals surface area contributed by atoms with E-state index in [9.17, 15) is 4.79 Å². The Morgan fingerprint density at radius 1 is 1.27 bits per heavy atom. The largest absolute Gasteiger partial charge is 0.358 e. The zero-order valence-electron chi connectivity index (χ0n) is 17.6. The number of hydrogen-bond acceptors (Lipinski definition) is 3. The molecule has 1 aromatic heterocycles. The number of hydrogen-bond donors (Lipinski definition) is 3. The number of fused-ring (bicyclic) bond motifs is 1. The molecule has 156 valence electrons. The molecule has 2 atom stereocenters. The van der Waals surface area contributed by atoms with Gasteiger partial charge in [0.1, 0.15) is 0 Å². The van der Waals surface area contributed by atoms with Crippen LogP contribution in [0, 0.1) is 6.92 Å². The molecule has 3 N–H and O–H groups in total. The van der Waals surface area contributed by atoms with Crippen molar-refractivity contribution in [1.29, 1.82) is 0 Å². The van der Waals surface area contributed by atoms with Crippen LogP contribution in [0.2, 0.25) is 0 Å². The van der Waals surface area contributed by atoms with Crippen LogP contribution in [0.1, 0.15) is 48.2 Å². The summed E-state index contributed by atoms with van der Waals surface area (Å²) < 4.78 is 0. The quantitative estimate of drug-likeness (QED) is 0.316. The number of carbonyl (C=O) groups excluding carboxylic acids is 1. The number of para-hydroxylation sites is 1. The maximum atomic E-state index is 11.1. The van der Waals surface area contributed by atoms with Crippen molar-refractivity contribution >= 4 is 22.9 Å². The summed E-state index contributed by atoms with van der Waals surface area (Å²) in [4.78, 5) is 17.3. The zero-order valence-corrected chi connectivity index (χ0v) is 17.6. The normalized spacial score (nSPS) is 18.3. The van der Waals surface area contributed by atoms with Crippen LogP contribution in [0.25, 0.3) is 17.0 Å². The number of rotatable bonds is 6. The molecule has 0 radical (unpaired) electrons. The molecule has 1 aliphatic rings. The van der Waals surface area contributed by atoms with Crippen LogP contribution in [-0.2, 0) is 11.2 Å². The van der Waals surface area contributed by atoms with Crippen molar-refractivity contribution in [3.8, 4) is 0 Å². The molecule has 0 spiro atoms. The highest BCUT2D eigenvalue weighted by Crippen LogP contribution is 2.33. The highest BCUT2D eigenvalue weighted by molar-refractivity contribution is 5.90. The number of hydroxylamine groups is 1. The Hall–Kier alpha value is -2.89. The first kappa shape index (κ1) is 20.4. The Morgan fingerprint density at radius 2 is 2.03 bits per heavy atom. The summed E-state index contributed by atoms with van der Waals surface area (Å²) in [6.07, 6.45) is 6.53. The van der Waals surface area contributed by atoms with Crippen LogP contribution in [0.4, 0.5) is 0 Å². The molecule has 0 bridgehead atoms. The van der Waals surface area contributed by atoms with Crippen LogP contribution in [0.5, 0.6) is 0 Å². The molecule has 1 amide bonds. The van der Waals surface area contributed by atoms with Gasteiger partial charge in [-0.25, -0.2) is 5.48 Å². The molecule has 4 rings (SSSR count). The van der Waals surface area contributed by atoms with Crippen molar-refractivity contribution in [2.75, 3.05) is 6.54 Å². The van der Waals surface area contributed by atoms with Crippen LogP contribution in [-0.4, -0.2) is 33.6 Å². The summed E-state index contributed by atoms with van der Waals surface area (Å²) in [5.74, 6) is -0.528. The van der Waals surface area contributed by atoms with E-state index in [2.05, 4.69) is 60.1 Å². The second-order valence-corrected chi connectivity index (χ2v) is 8.16. The minimum absolute atomic E-state index is 0.335. The molecule has 1 saturated heterocycles. The number of aryl methyl sites for hydroxylation is 1. The summed E-state index contributed by atoms with van der Waals surface area (Å²) in [5, 5.41) is 9.93. The molecule has 1 fully saturated rings. The lowest BCUT2D eigenvalue weighted by Gasteiger charge is -2.31. The lowest BCUT2D eigenvalue weighted by Crippen LogP contribution is -2.33. The average molecular weight is 404 g/mol. The number of aromatic nitrogens is 1. The predicted molar refractivity (Wildman–Crippen MR) is 120 cm³/mol. The first-order chi connectivity index (χ1) is 14.6. The molecule has 3 aromatic rings. The van der Waals surface area contributed by atoms with Crippen LogP contribution in [0.3, 0.4) is 0 Å². The molecular formula is C25H29N3O2. The predicted octanol–water partition coefficient (Wildman–Crippen LogP) is 4.76. The van der Waals surface area contributed by atoms with Gasteiger partial charge in [-0.2, -0.15) is 0 Å². The smallest absolute Gasteiger partial charge is 0.267 e. The number of aromatic amines is 1. The lowest BCUT2D eigenvalue weighted by molar-refractivity contribution is -0.124. The Morgan fingerprint density at radius 3 is 2.80 bits per heavy atom. The van der Waals surface area contributed by atoms with E-state index in [1.54, 1.807) is 11.6 Å². The molecule has 5 heteroatoms. The third-order valence-electron chi connectivity index (χ3n) is 6.34. The lowest BCUT2D eigenvalue weighted by atomic mass is 9.98. The van der Waals surface area contributed by atoms with E-state index in [0.29, 0.717) is 12.1 Å². The van der Waals surface area contributed by atoms with Gasteiger partial charge in [-0.1, -0.05) is 42.5 Å². The van der Waals surface area contributed by atoms with E-state index in [0.717, 1.165) is 18.5 Å². The molecule has 0 saturated carbocycles. The fourth-order valence-electron chi connectivity index (χ4n) is 4.71. The molecule has 2 heterocycles. The summed E-state index contributed by atoms with van der Waals surface area (Å²) in [6, 6.07) is 17.7. The van der Waals surface area contributed by atoms with E-state index >= 15 is 0 Å². The van der Waals surface area contributed by atoms with Gasteiger partial charge in [0.15, 0.2) is 0 Å². The standard InChI is InChI=1S/C25H29N3O2/c1-17-23(22-7-3-4-8-24(22)26-17)16-21-6-5-15-28(21)18(2)20-12-9-19(10-13-20)11-14-25(29)27-30/h3-4,7-14,18,21,26,30H,5-6,15-16H2,1-2H3,(H,27,29)/t18-,21+/m0/s1. The van der Waals surface area contributed by atoms with Crippen molar-refractivity contribution in [3.05, 3.63) is 77.0 Å². The summed E-state index contributed by atoms with van der Waals surface area (Å²) in [6.45, 7) is 5.58. The number of nitrogens with zero attached hydrogens (tertiary/aromatic N) is 1. The zero-order chi connectivity index (χ0) is 21.1. The second kappa shape index (κ2) is 8.86. The van der Waals surface area contributed by atoms with E-state index in [4.69, 9.17) is 5.21 Å². The first-order valence-corrected chi connectivity index (χ1v) is 10.6. The van der Waals surface area contributed by atoms with Crippen molar-refractivity contribution in [2.45, 2.75) is 45.2 Å². The van der Waals surface area contributed by atoms with E-state index in [-0.39, 0.29) is 0 Å². The van der Waals surface area contributed by atoms with Crippen molar-refractivity contribution in [3.63, 3.8) is 0 Å². The fourth-order valence-corrected chi connectivity index (χ4v) is 4.71. The summed E-state index contributed by atoms with van der Waals surface area (Å²) in [5.41, 5.74) is 7.76. The molecule has 0 unspecified atom stereocenters. The summed E-state index contributed by atoms with van der Waals surface area (Å²) in [7, 11) is 0. The molecule has 2 aromatic carbocycles. The van der Waals surface area contributed by atoms with Gasteiger partial charge in [0.2, 0.25) is 0 Å². The molecule has 1 aliphatic heterocycles. The number of benzene rings is 2. The van der Waals surface area contributed by atoms with Gasteiger partial charge in [0.25, 0.3) is 5.91 Å². The Bertz CT molecular complexity index is 1050. The van der Waals surface area contributed by atoms with Crippen molar-refractivity contribution in [1.82, 2.24) is 15.4 Å². The van der Waals surface area contributed by atoms with E-state index < -0.39 is 5.91 Å². The van der Waals surface area contributed by atoms with Crippen LogP contribution in [0.15, 0.2) is 54.6 Å². The van der Waals surface area contributed by atoms with Crippen LogP contribution >= 0.6 is 0 Å². The number of likely N-dealkylation sites (tertiary alicyclic amines) is 1. The highest BCUT2D eigenvalue weighted by Gasteiger charge is 2.30. The number of carbonyl (C=O) groups is 1. The van der Waals surface area contributed by atoms with Crippen molar-refractivity contribution in [2.24, 2.45) is 0 Å². The Balaban J connectivity index is 1.49. The fraction of sp³-hybridized carbons (Fsp3) is 0.320. The average Bonchev–Trinajstić information content (AvgIpc) is 3.36. The monoisotopic (exact) mass is 403 g/mol. The number of nitrogens with one attached hydrogen (secondary N) is 2. The van der Waals surface area contributed by atoms with Gasteiger partial charge in [0, 0.05) is 34.8 Å².